The number of amides is 3. The molecule has 1 heterocycles. The largest absolute Gasteiger partial charge is 0.395 e. The van der Waals surface area contributed by atoms with Crippen LogP contribution in [0.5, 0.6) is 0 Å². The lowest BCUT2D eigenvalue weighted by molar-refractivity contribution is -0.118. The number of nitrogens with one attached hydrogen (secondary N) is 2. The zero-order chi connectivity index (χ0) is 22.8. The molecule has 0 spiro atoms. The lowest BCUT2D eigenvalue weighted by atomic mass is 9.82. The fourth-order valence-electron chi connectivity index (χ4n) is 4.48. The van der Waals surface area contributed by atoms with Gasteiger partial charge in [0.15, 0.2) is 0 Å². The van der Waals surface area contributed by atoms with Crippen LogP contribution in [0.2, 0.25) is 0 Å². The number of benzene rings is 2. The van der Waals surface area contributed by atoms with E-state index >= 15 is 0 Å². The lowest BCUT2D eigenvalue weighted by Crippen LogP contribution is -2.51. The average Bonchev–Trinajstić information content (AvgIpc) is 2.76. The van der Waals surface area contributed by atoms with Crippen LogP contribution in [0.3, 0.4) is 0 Å². The van der Waals surface area contributed by atoms with Crippen LogP contribution in [0, 0.1) is 12.7 Å². The van der Waals surface area contributed by atoms with Gasteiger partial charge in [-0.3, -0.25) is 9.69 Å². The van der Waals surface area contributed by atoms with E-state index in [1.807, 2.05) is 18.2 Å². The minimum Gasteiger partial charge on any atom is -0.395 e. The number of nitrogens with zero attached hydrogens (tertiary/aromatic N) is 1. The van der Waals surface area contributed by atoms with Crippen molar-refractivity contribution >= 4 is 17.6 Å². The Morgan fingerprint density at radius 3 is 2.50 bits per heavy atom. The standard InChI is InChI=1S/C25H27FN4O2/c1-15-12-19(26)14-21(13-15)30-23(22(27)16(2)28-25(30)32)24(31)29-20-10-8-18(9-11-20)17-6-4-3-5-7-17/h3-7,12-14,18,20H,2,8-11,27H2,1H3,(H,28,32)(H,29,31). The zero-order valence-electron chi connectivity index (χ0n) is 18.0. The van der Waals surface area contributed by atoms with Crippen LogP contribution in [-0.4, -0.2) is 18.0 Å². The van der Waals surface area contributed by atoms with Gasteiger partial charge in [-0.05, 0) is 67.9 Å². The highest BCUT2D eigenvalue weighted by Crippen LogP contribution is 2.33. The highest BCUT2D eigenvalue weighted by molar-refractivity contribution is 6.11. The molecule has 4 N–H and O–H groups in total. The van der Waals surface area contributed by atoms with Gasteiger partial charge in [-0.15, -0.1) is 0 Å². The Kier molecular flexibility index (Phi) is 5.99. The average molecular weight is 435 g/mol. The Balaban J connectivity index is 1.53. The quantitative estimate of drug-likeness (QED) is 0.674. The van der Waals surface area contributed by atoms with E-state index in [-0.39, 0.29) is 28.8 Å². The summed E-state index contributed by atoms with van der Waals surface area (Å²) in [5.74, 6) is -0.501. The van der Waals surface area contributed by atoms with Gasteiger partial charge in [0, 0.05) is 6.04 Å². The monoisotopic (exact) mass is 434 g/mol. The SMILES string of the molecule is C=C1NC(=O)N(c2cc(C)cc(F)c2)C(C(=O)NC2CCC(c3ccccc3)CC2)=C1N. The van der Waals surface area contributed by atoms with E-state index in [4.69, 9.17) is 5.73 Å². The van der Waals surface area contributed by atoms with E-state index in [0.717, 1.165) is 30.6 Å². The fraction of sp³-hybridized carbons (Fsp3) is 0.280. The Labute approximate surface area is 187 Å². The normalized spacial score (nSPS) is 21.4. The van der Waals surface area contributed by atoms with Crippen molar-refractivity contribution in [2.45, 2.75) is 44.6 Å². The van der Waals surface area contributed by atoms with Crippen molar-refractivity contribution in [3.8, 4) is 0 Å². The third-order valence-corrected chi connectivity index (χ3v) is 6.10. The minimum absolute atomic E-state index is 0.0305. The second-order valence-corrected chi connectivity index (χ2v) is 8.43. The van der Waals surface area contributed by atoms with Gasteiger partial charge in [0.25, 0.3) is 5.91 Å². The summed E-state index contributed by atoms with van der Waals surface area (Å²) in [6.45, 7) is 5.45. The number of halogens is 1. The first kappa shape index (κ1) is 21.6. The van der Waals surface area contributed by atoms with Crippen molar-refractivity contribution in [1.82, 2.24) is 10.6 Å². The molecule has 0 aromatic heterocycles. The summed E-state index contributed by atoms with van der Waals surface area (Å²) in [6.07, 6.45) is 3.57. The van der Waals surface area contributed by atoms with Crippen LogP contribution in [0.15, 0.2) is 72.2 Å². The second-order valence-electron chi connectivity index (χ2n) is 8.43. The van der Waals surface area contributed by atoms with E-state index in [1.165, 1.54) is 17.7 Å². The topological polar surface area (TPSA) is 87.5 Å². The van der Waals surface area contributed by atoms with Gasteiger partial charge in [0.1, 0.15) is 11.5 Å². The van der Waals surface area contributed by atoms with Crippen LogP contribution < -0.4 is 21.3 Å². The maximum Gasteiger partial charge on any atom is 0.331 e. The fourth-order valence-corrected chi connectivity index (χ4v) is 4.48. The summed E-state index contributed by atoms with van der Waals surface area (Å²) in [6, 6.07) is 13.9. The summed E-state index contributed by atoms with van der Waals surface area (Å²) in [4.78, 5) is 27.1. The molecular formula is C25H27FN4O2. The van der Waals surface area contributed by atoms with Gasteiger partial charge >= 0.3 is 6.03 Å². The molecule has 166 valence electrons. The van der Waals surface area contributed by atoms with Gasteiger partial charge in [-0.1, -0.05) is 36.9 Å². The number of carbonyl (C=O) groups is 2. The second kappa shape index (κ2) is 8.86. The number of hydrogen-bond acceptors (Lipinski definition) is 3. The molecular weight excluding hydrogens is 407 g/mol. The molecule has 1 saturated carbocycles. The Hall–Kier alpha value is -3.61. The van der Waals surface area contributed by atoms with Crippen molar-refractivity contribution in [3.63, 3.8) is 0 Å². The molecule has 2 aliphatic rings. The first-order valence-corrected chi connectivity index (χ1v) is 10.8. The van der Waals surface area contributed by atoms with Gasteiger partial charge < -0.3 is 16.4 Å². The molecule has 2 aromatic rings. The number of rotatable bonds is 4. The number of anilines is 1. The summed E-state index contributed by atoms with van der Waals surface area (Å²) < 4.78 is 14.0. The number of urea groups is 1. The maximum atomic E-state index is 14.0. The predicted molar refractivity (Wildman–Crippen MR) is 122 cm³/mol. The molecule has 32 heavy (non-hydrogen) atoms. The molecule has 0 unspecified atom stereocenters. The molecule has 1 fully saturated rings. The molecule has 7 heteroatoms. The molecule has 2 aromatic carbocycles. The Morgan fingerprint density at radius 2 is 1.84 bits per heavy atom. The third kappa shape index (κ3) is 4.37. The van der Waals surface area contributed by atoms with Crippen LogP contribution in [0.25, 0.3) is 0 Å². The van der Waals surface area contributed by atoms with Gasteiger partial charge in [-0.25, -0.2) is 9.18 Å². The molecule has 0 atom stereocenters. The van der Waals surface area contributed by atoms with Crippen molar-refractivity contribution in [3.05, 3.63) is 89.1 Å². The zero-order valence-corrected chi connectivity index (χ0v) is 18.0. The highest BCUT2D eigenvalue weighted by atomic mass is 19.1. The molecule has 6 nitrogen and oxygen atoms in total. The maximum absolute atomic E-state index is 14.0. The summed E-state index contributed by atoms with van der Waals surface area (Å²) in [5.41, 5.74) is 8.50. The first-order chi connectivity index (χ1) is 15.3. The Morgan fingerprint density at radius 1 is 1.16 bits per heavy atom. The van der Waals surface area contributed by atoms with Crippen molar-refractivity contribution < 1.29 is 14.0 Å². The van der Waals surface area contributed by atoms with Gasteiger partial charge in [0.05, 0.1) is 17.1 Å². The van der Waals surface area contributed by atoms with E-state index in [2.05, 4.69) is 29.3 Å². The van der Waals surface area contributed by atoms with E-state index in [9.17, 15) is 14.0 Å². The lowest BCUT2D eigenvalue weighted by Gasteiger charge is -2.34. The van der Waals surface area contributed by atoms with E-state index in [1.54, 1.807) is 13.0 Å². The molecule has 1 aliphatic carbocycles. The molecule has 0 saturated heterocycles. The van der Waals surface area contributed by atoms with E-state index in [0.29, 0.717) is 11.5 Å². The first-order valence-electron chi connectivity index (χ1n) is 10.8. The number of hydrogen-bond donors (Lipinski definition) is 3. The number of nitrogens with two attached hydrogens (primary N) is 1. The molecule has 0 radical (unpaired) electrons. The van der Waals surface area contributed by atoms with Crippen molar-refractivity contribution in [1.29, 1.82) is 0 Å². The summed E-state index contributed by atoms with van der Waals surface area (Å²) in [7, 11) is 0. The Bertz CT molecular complexity index is 1070. The molecule has 3 amide bonds. The summed E-state index contributed by atoms with van der Waals surface area (Å²) in [5, 5.41) is 5.56. The van der Waals surface area contributed by atoms with Crippen LogP contribution in [0.4, 0.5) is 14.9 Å². The molecule has 4 rings (SSSR count). The molecule has 1 aliphatic heterocycles. The van der Waals surface area contributed by atoms with Crippen molar-refractivity contribution in [2.24, 2.45) is 5.73 Å². The van der Waals surface area contributed by atoms with Crippen LogP contribution in [-0.2, 0) is 4.79 Å². The summed E-state index contributed by atoms with van der Waals surface area (Å²) >= 11 is 0. The van der Waals surface area contributed by atoms with Crippen LogP contribution >= 0.6 is 0 Å². The highest BCUT2D eigenvalue weighted by Gasteiger charge is 2.35. The van der Waals surface area contributed by atoms with Gasteiger partial charge in [-0.2, -0.15) is 0 Å². The minimum atomic E-state index is -0.605. The van der Waals surface area contributed by atoms with E-state index < -0.39 is 17.8 Å². The number of carbonyl (C=O) groups excluding carboxylic acids is 2. The van der Waals surface area contributed by atoms with Crippen molar-refractivity contribution in [2.75, 3.05) is 4.90 Å². The smallest absolute Gasteiger partial charge is 0.331 e. The van der Waals surface area contributed by atoms with Crippen LogP contribution in [0.1, 0.15) is 42.7 Å². The van der Waals surface area contributed by atoms with Gasteiger partial charge in [0.2, 0.25) is 0 Å². The number of aryl methyl sites for hydroxylation is 1. The molecule has 0 bridgehead atoms. The predicted octanol–water partition coefficient (Wildman–Crippen LogP) is 4.19. The third-order valence-electron chi connectivity index (χ3n) is 6.10.